The molecule has 1 amide bonds. The minimum atomic E-state index is -1.35. The molecule has 0 spiro atoms. The summed E-state index contributed by atoms with van der Waals surface area (Å²) in [6.45, 7) is 6.43. The van der Waals surface area contributed by atoms with Crippen molar-refractivity contribution in [3.8, 4) is 5.75 Å². The lowest BCUT2D eigenvalue weighted by Gasteiger charge is -2.46. The monoisotopic (exact) mass is 407 g/mol. The van der Waals surface area contributed by atoms with Crippen LogP contribution >= 0.6 is 0 Å². The number of anilines is 1. The van der Waals surface area contributed by atoms with Crippen LogP contribution in [0.2, 0.25) is 0 Å². The number of hydrogen-bond donors (Lipinski definition) is 3. The number of carbonyl (C=O) groups excluding carboxylic acids is 1. The van der Waals surface area contributed by atoms with E-state index >= 15 is 0 Å². The van der Waals surface area contributed by atoms with Gasteiger partial charge in [0.15, 0.2) is 0 Å². The molecule has 9 nitrogen and oxygen atoms in total. The zero-order chi connectivity index (χ0) is 21.5. The van der Waals surface area contributed by atoms with Gasteiger partial charge in [0, 0.05) is 25.0 Å². The topological polar surface area (TPSA) is 127 Å². The molecule has 0 bridgehead atoms. The molecule has 1 aromatic heterocycles. The predicted octanol–water partition coefficient (Wildman–Crippen LogP) is 1.31. The zero-order valence-corrected chi connectivity index (χ0v) is 16.9. The fourth-order valence-corrected chi connectivity index (χ4v) is 3.54. The summed E-state index contributed by atoms with van der Waals surface area (Å²) in [5, 5.41) is 23.8. The van der Waals surface area contributed by atoms with Crippen LogP contribution in [0.15, 0.2) is 27.4 Å². The molecule has 158 valence electrons. The first-order valence-electron chi connectivity index (χ1n) is 9.13. The minimum Gasteiger partial charge on any atom is -0.462 e. The van der Waals surface area contributed by atoms with E-state index in [1.54, 1.807) is 32.9 Å². The van der Waals surface area contributed by atoms with Crippen LogP contribution in [0.25, 0.3) is 11.0 Å². The Kier molecular flexibility index (Phi) is 5.68. The van der Waals surface area contributed by atoms with Gasteiger partial charge in [-0.25, -0.2) is 4.79 Å². The summed E-state index contributed by atoms with van der Waals surface area (Å²) in [7, 11) is 1.43. The standard InChI is InChI=1S/C20H25NO8/c1-9-13(27-19-15(24)14(23)17(26-5)20(3,4)29-19)7-6-11-8-12(21-10(2)22)18(25)28-16(9)11/h6-8,14-15,17,19,23-24H,1-5H3,(H,21,22)/t14?,15?,17-,19-/m1/s1. The molecule has 3 rings (SSSR count). The molecule has 0 aliphatic carbocycles. The number of fused-ring (bicyclic) bond motifs is 1. The molecule has 29 heavy (non-hydrogen) atoms. The highest BCUT2D eigenvalue weighted by Crippen LogP contribution is 2.34. The maximum atomic E-state index is 12.1. The van der Waals surface area contributed by atoms with Crippen molar-refractivity contribution in [3.05, 3.63) is 34.2 Å². The van der Waals surface area contributed by atoms with Crippen molar-refractivity contribution in [2.75, 3.05) is 12.4 Å². The number of aliphatic hydroxyl groups excluding tert-OH is 2. The van der Waals surface area contributed by atoms with Crippen LogP contribution in [-0.2, 0) is 14.3 Å². The lowest BCUT2D eigenvalue weighted by atomic mass is 9.89. The maximum absolute atomic E-state index is 12.1. The largest absolute Gasteiger partial charge is 0.462 e. The van der Waals surface area contributed by atoms with E-state index in [0.29, 0.717) is 16.7 Å². The van der Waals surface area contributed by atoms with Crippen molar-refractivity contribution in [1.82, 2.24) is 0 Å². The van der Waals surface area contributed by atoms with E-state index in [9.17, 15) is 19.8 Å². The second-order valence-corrected chi connectivity index (χ2v) is 7.58. The van der Waals surface area contributed by atoms with E-state index in [1.165, 1.54) is 20.1 Å². The smallest absolute Gasteiger partial charge is 0.360 e. The third-order valence-corrected chi connectivity index (χ3v) is 4.95. The van der Waals surface area contributed by atoms with Gasteiger partial charge >= 0.3 is 5.63 Å². The normalized spacial score (nSPS) is 26.3. The quantitative estimate of drug-likeness (QED) is 0.648. The number of methoxy groups -OCH3 is 1. The van der Waals surface area contributed by atoms with Crippen LogP contribution in [0.4, 0.5) is 5.69 Å². The molecule has 3 N–H and O–H groups in total. The van der Waals surface area contributed by atoms with Crippen molar-refractivity contribution < 1.29 is 33.6 Å². The SMILES string of the molecule is CO[C@@H]1C(O)C(O)[C@H](Oc2ccc3cc(NC(C)=O)c(=O)oc3c2C)OC1(C)C. The Balaban J connectivity index is 1.93. The summed E-state index contributed by atoms with van der Waals surface area (Å²) in [5.74, 6) is -0.0665. The Labute approximate surface area is 167 Å². The van der Waals surface area contributed by atoms with Crippen LogP contribution in [0.1, 0.15) is 26.3 Å². The Morgan fingerprint density at radius 1 is 1.24 bits per heavy atom. The first-order valence-corrected chi connectivity index (χ1v) is 9.13. The molecule has 1 aliphatic heterocycles. The zero-order valence-electron chi connectivity index (χ0n) is 16.9. The minimum absolute atomic E-state index is 0.0413. The van der Waals surface area contributed by atoms with Crippen molar-refractivity contribution in [1.29, 1.82) is 0 Å². The number of carbonyl (C=O) groups is 1. The summed E-state index contributed by atoms with van der Waals surface area (Å²) >= 11 is 0. The Morgan fingerprint density at radius 3 is 2.55 bits per heavy atom. The highest BCUT2D eigenvalue weighted by atomic mass is 16.7. The second-order valence-electron chi connectivity index (χ2n) is 7.58. The summed E-state index contributed by atoms with van der Waals surface area (Å²) in [6, 6.07) is 4.80. The highest BCUT2D eigenvalue weighted by molar-refractivity contribution is 5.91. The van der Waals surface area contributed by atoms with Gasteiger partial charge in [-0.05, 0) is 39.0 Å². The fourth-order valence-electron chi connectivity index (χ4n) is 3.54. The molecule has 1 aromatic carbocycles. The van der Waals surface area contributed by atoms with Crippen molar-refractivity contribution >= 4 is 22.6 Å². The van der Waals surface area contributed by atoms with Gasteiger partial charge in [0.1, 0.15) is 35.3 Å². The van der Waals surface area contributed by atoms with Crippen molar-refractivity contribution in [2.45, 2.75) is 57.9 Å². The number of amides is 1. The highest BCUT2D eigenvalue weighted by Gasteiger charge is 2.50. The van der Waals surface area contributed by atoms with Crippen LogP contribution in [-0.4, -0.2) is 53.4 Å². The average molecular weight is 407 g/mol. The number of benzene rings is 1. The molecule has 9 heteroatoms. The van der Waals surface area contributed by atoms with Gasteiger partial charge in [0.2, 0.25) is 12.2 Å². The lowest BCUT2D eigenvalue weighted by Crippen LogP contribution is -2.63. The molecule has 2 unspecified atom stereocenters. The van der Waals surface area contributed by atoms with Gasteiger partial charge in [-0.1, -0.05) is 0 Å². The molecule has 4 atom stereocenters. The van der Waals surface area contributed by atoms with E-state index in [2.05, 4.69) is 5.32 Å². The maximum Gasteiger partial charge on any atom is 0.360 e. The fraction of sp³-hybridized carbons (Fsp3) is 0.500. The molecule has 2 aromatic rings. The van der Waals surface area contributed by atoms with Gasteiger partial charge in [-0.15, -0.1) is 0 Å². The van der Waals surface area contributed by atoms with E-state index < -0.39 is 35.8 Å². The van der Waals surface area contributed by atoms with Crippen LogP contribution in [0.3, 0.4) is 0 Å². The Bertz CT molecular complexity index is 982. The summed E-state index contributed by atoms with van der Waals surface area (Å²) in [5.41, 5.74) is -0.781. The van der Waals surface area contributed by atoms with Gasteiger partial charge < -0.3 is 34.2 Å². The van der Waals surface area contributed by atoms with E-state index in [1.807, 2.05) is 0 Å². The number of aliphatic hydroxyl groups is 2. The van der Waals surface area contributed by atoms with Gasteiger partial charge in [-0.2, -0.15) is 0 Å². The van der Waals surface area contributed by atoms with Crippen molar-refractivity contribution in [2.24, 2.45) is 0 Å². The Morgan fingerprint density at radius 2 is 1.93 bits per heavy atom. The van der Waals surface area contributed by atoms with E-state index in [4.69, 9.17) is 18.6 Å². The average Bonchev–Trinajstić information content (AvgIpc) is 2.63. The van der Waals surface area contributed by atoms with Gasteiger partial charge in [0.05, 0.1) is 5.60 Å². The summed E-state index contributed by atoms with van der Waals surface area (Å²) in [4.78, 5) is 23.4. The number of ether oxygens (including phenoxy) is 3. The van der Waals surface area contributed by atoms with Gasteiger partial charge in [-0.3, -0.25) is 4.79 Å². The first kappa shape index (κ1) is 21.3. The van der Waals surface area contributed by atoms with Crippen LogP contribution in [0, 0.1) is 6.92 Å². The van der Waals surface area contributed by atoms with Crippen LogP contribution in [0.5, 0.6) is 5.75 Å². The molecule has 2 heterocycles. The second kappa shape index (κ2) is 7.75. The van der Waals surface area contributed by atoms with E-state index in [-0.39, 0.29) is 17.2 Å². The molecular weight excluding hydrogens is 382 g/mol. The van der Waals surface area contributed by atoms with Crippen molar-refractivity contribution in [3.63, 3.8) is 0 Å². The number of hydrogen-bond acceptors (Lipinski definition) is 8. The molecular formula is C20H25NO8. The lowest BCUT2D eigenvalue weighted by molar-refractivity contribution is -0.306. The summed E-state index contributed by atoms with van der Waals surface area (Å²) in [6.07, 6.45) is -4.46. The predicted molar refractivity (Wildman–Crippen MR) is 104 cm³/mol. The summed E-state index contributed by atoms with van der Waals surface area (Å²) < 4.78 is 22.2. The number of nitrogens with one attached hydrogen (secondary N) is 1. The molecule has 1 fully saturated rings. The first-order chi connectivity index (χ1) is 13.5. The number of rotatable bonds is 4. The third-order valence-electron chi connectivity index (χ3n) is 4.95. The molecule has 0 saturated carbocycles. The molecule has 1 aliphatic rings. The van der Waals surface area contributed by atoms with E-state index in [0.717, 1.165) is 0 Å². The van der Waals surface area contributed by atoms with Gasteiger partial charge in [0.25, 0.3) is 0 Å². The number of aryl methyl sites for hydroxylation is 1. The third kappa shape index (κ3) is 3.99. The molecule has 1 saturated heterocycles. The Hall–Kier alpha value is -2.46. The van der Waals surface area contributed by atoms with Crippen LogP contribution < -0.4 is 15.7 Å². The molecule has 0 radical (unpaired) electrons.